The summed E-state index contributed by atoms with van der Waals surface area (Å²) in [7, 11) is 0. The number of hydrogen-bond acceptors (Lipinski definition) is 2. The van der Waals surface area contributed by atoms with Crippen LogP contribution in [0.25, 0.3) is 5.69 Å². The number of amides is 1. The van der Waals surface area contributed by atoms with E-state index in [2.05, 4.69) is 10.4 Å². The lowest BCUT2D eigenvalue weighted by atomic mass is 10.1. The lowest BCUT2D eigenvalue weighted by molar-refractivity contribution is 0.102. The minimum Gasteiger partial charge on any atom is -0.322 e. The fourth-order valence-electron chi connectivity index (χ4n) is 2.18. The number of aryl methyl sites for hydroxylation is 2. The van der Waals surface area contributed by atoms with Gasteiger partial charge < -0.3 is 5.32 Å². The van der Waals surface area contributed by atoms with E-state index in [-0.39, 0.29) is 5.91 Å². The summed E-state index contributed by atoms with van der Waals surface area (Å²) < 4.78 is 1.69. The van der Waals surface area contributed by atoms with Gasteiger partial charge in [-0.2, -0.15) is 5.10 Å². The molecule has 3 aromatic rings. The van der Waals surface area contributed by atoms with Crippen LogP contribution in [0.15, 0.2) is 60.9 Å². The van der Waals surface area contributed by atoms with Crippen LogP contribution < -0.4 is 5.32 Å². The van der Waals surface area contributed by atoms with Crippen molar-refractivity contribution < 1.29 is 4.79 Å². The largest absolute Gasteiger partial charge is 0.322 e. The number of rotatable bonds is 3. The molecule has 1 aromatic heterocycles. The van der Waals surface area contributed by atoms with Crippen molar-refractivity contribution >= 4 is 11.6 Å². The van der Waals surface area contributed by atoms with E-state index in [0.717, 1.165) is 16.9 Å². The number of carbonyl (C=O) groups excluding carboxylic acids is 1. The predicted molar refractivity (Wildman–Crippen MR) is 87.4 cm³/mol. The van der Waals surface area contributed by atoms with Crippen molar-refractivity contribution in [1.29, 1.82) is 0 Å². The summed E-state index contributed by atoms with van der Waals surface area (Å²) in [5, 5.41) is 7.14. The molecule has 110 valence electrons. The molecule has 0 atom stereocenters. The van der Waals surface area contributed by atoms with Crippen LogP contribution in [-0.4, -0.2) is 15.7 Å². The van der Waals surface area contributed by atoms with E-state index in [9.17, 15) is 4.79 Å². The van der Waals surface area contributed by atoms with Gasteiger partial charge in [0.05, 0.1) is 17.4 Å². The Morgan fingerprint density at radius 2 is 1.82 bits per heavy atom. The molecule has 0 radical (unpaired) electrons. The van der Waals surface area contributed by atoms with Gasteiger partial charge in [-0.15, -0.1) is 0 Å². The van der Waals surface area contributed by atoms with Gasteiger partial charge in [0, 0.05) is 11.9 Å². The molecule has 0 aliphatic heterocycles. The number of anilines is 1. The Morgan fingerprint density at radius 3 is 2.55 bits per heavy atom. The number of para-hydroxylation sites is 1. The highest BCUT2D eigenvalue weighted by atomic mass is 16.1. The molecule has 1 amide bonds. The third-order valence-corrected chi connectivity index (χ3v) is 3.63. The standard InChI is InChI=1S/C18H17N3O/c1-13-8-9-16(10-14(13)2)20-18(22)15-11-19-21(12-15)17-6-4-3-5-7-17/h3-12H,1-2H3,(H,20,22). The summed E-state index contributed by atoms with van der Waals surface area (Å²) in [5.74, 6) is -0.162. The molecule has 0 aliphatic rings. The van der Waals surface area contributed by atoms with Crippen molar-refractivity contribution in [2.45, 2.75) is 13.8 Å². The summed E-state index contributed by atoms with van der Waals surface area (Å²) in [4.78, 5) is 12.3. The molecule has 1 heterocycles. The third-order valence-electron chi connectivity index (χ3n) is 3.63. The molecule has 2 aromatic carbocycles. The molecule has 0 spiro atoms. The third kappa shape index (κ3) is 2.91. The quantitative estimate of drug-likeness (QED) is 0.799. The maximum atomic E-state index is 12.3. The molecule has 0 fully saturated rings. The minimum absolute atomic E-state index is 0.162. The molecule has 4 nitrogen and oxygen atoms in total. The van der Waals surface area contributed by atoms with Crippen molar-refractivity contribution in [3.8, 4) is 5.69 Å². The lowest BCUT2D eigenvalue weighted by Gasteiger charge is -2.06. The van der Waals surface area contributed by atoms with Gasteiger partial charge in [-0.25, -0.2) is 4.68 Å². The number of hydrogen-bond donors (Lipinski definition) is 1. The molecule has 22 heavy (non-hydrogen) atoms. The molecule has 3 rings (SSSR count). The number of nitrogens with zero attached hydrogens (tertiary/aromatic N) is 2. The summed E-state index contributed by atoms with van der Waals surface area (Å²) >= 11 is 0. The zero-order valence-electron chi connectivity index (χ0n) is 12.6. The van der Waals surface area contributed by atoms with Gasteiger partial charge in [0.2, 0.25) is 0 Å². The van der Waals surface area contributed by atoms with Crippen LogP contribution in [0.3, 0.4) is 0 Å². The van der Waals surface area contributed by atoms with Gasteiger partial charge in [0.25, 0.3) is 5.91 Å². The monoisotopic (exact) mass is 291 g/mol. The van der Waals surface area contributed by atoms with Crippen molar-refractivity contribution in [3.05, 3.63) is 77.6 Å². The Balaban J connectivity index is 1.78. The van der Waals surface area contributed by atoms with Crippen LogP contribution in [-0.2, 0) is 0 Å². The van der Waals surface area contributed by atoms with Gasteiger partial charge >= 0.3 is 0 Å². The smallest absolute Gasteiger partial charge is 0.258 e. The Morgan fingerprint density at radius 1 is 1.05 bits per heavy atom. The summed E-state index contributed by atoms with van der Waals surface area (Å²) in [6, 6.07) is 15.6. The maximum Gasteiger partial charge on any atom is 0.258 e. The highest BCUT2D eigenvalue weighted by Gasteiger charge is 2.10. The molecule has 1 N–H and O–H groups in total. The van der Waals surface area contributed by atoms with Crippen molar-refractivity contribution in [2.75, 3.05) is 5.32 Å². The first-order valence-electron chi connectivity index (χ1n) is 7.12. The van der Waals surface area contributed by atoms with Gasteiger partial charge in [-0.1, -0.05) is 24.3 Å². The SMILES string of the molecule is Cc1ccc(NC(=O)c2cnn(-c3ccccc3)c2)cc1C. The van der Waals surface area contributed by atoms with Crippen LogP contribution in [0, 0.1) is 13.8 Å². The summed E-state index contributed by atoms with van der Waals surface area (Å²) in [6.07, 6.45) is 3.30. The van der Waals surface area contributed by atoms with Crippen LogP contribution in [0.4, 0.5) is 5.69 Å². The van der Waals surface area contributed by atoms with Crippen LogP contribution in [0.5, 0.6) is 0 Å². The second-order valence-corrected chi connectivity index (χ2v) is 5.26. The molecular weight excluding hydrogens is 274 g/mol. The first-order valence-corrected chi connectivity index (χ1v) is 7.12. The van der Waals surface area contributed by atoms with Crippen molar-refractivity contribution in [2.24, 2.45) is 0 Å². The molecule has 0 saturated heterocycles. The highest BCUT2D eigenvalue weighted by molar-refractivity contribution is 6.04. The van der Waals surface area contributed by atoms with E-state index in [1.807, 2.05) is 62.4 Å². The van der Waals surface area contributed by atoms with E-state index >= 15 is 0 Å². The Labute approximate surface area is 129 Å². The van der Waals surface area contributed by atoms with Crippen molar-refractivity contribution in [1.82, 2.24) is 9.78 Å². The molecule has 0 aliphatic carbocycles. The van der Waals surface area contributed by atoms with Crippen molar-refractivity contribution in [3.63, 3.8) is 0 Å². The lowest BCUT2D eigenvalue weighted by Crippen LogP contribution is -2.11. The maximum absolute atomic E-state index is 12.3. The molecule has 0 saturated carbocycles. The van der Waals surface area contributed by atoms with Crippen LogP contribution in [0.2, 0.25) is 0 Å². The fourth-order valence-corrected chi connectivity index (χ4v) is 2.18. The number of nitrogens with one attached hydrogen (secondary N) is 1. The fraction of sp³-hybridized carbons (Fsp3) is 0.111. The number of aromatic nitrogens is 2. The van der Waals surface area contributed by atoms with E-state index in [1.54, 1.807) is 17.1 Å². The van der Waals surface area contributed by atoms with E-state index in [4.69, 9.17) is 0 Å². The van der Waals surface area contributed by atoms with Gasteiger partial charge in [-0.3, -0.25) is 4.79 Å². The Bertz CT molecular complexity index is 806. The van der Waals surface area contributed by atoms with Gasteiger partial charge in [0.1, 0.15) is 0 Å². The highest BCUT2D eigenvalue weighted by Crippen LogP contribution is 2.15. The zero-order valence-corrected chi connectivity index (χ0v) is 12.6. The predicted octanol–water partition coefficient (Wildman–Crippen LogP) is 3.74. The van der Waals surface area contributed by atoms with E-state index < -0.39 is 0 Å². The second kappa shape index (κ2) is 5.85. The van der Waals surface area contributed by atoms with Crippen LogP contribution >= 0.6 is 0 Å². The molecule has 4 heteroatoms. The van der Waals surface area contributed by atoms with Gasteiger partial charge in [0.15, 0.2) is 0 Å². The topological polar surface area (TPSA) is 46.9 Å². The Kier molecular flexibility index (Phi) is 3.74. The number of benzene rings is 2. The molecular formula is C18H17N3O. The summed E-state index contributed by atoms with van der Waals surface area (Å²) in [5.41, 5.74) is 4.60. The van der Waals surface area contributed by atoms with Gasteiger partial charge in [-0.05, 0) is 49.2 Å². The average Bonchev–Trinajstić information content (AvgIpc) is 3.02. The molecule has 0 unspecified atom stereocenters. The normalized spacial score (nSPS) is 10.5. The minimum atomic E-state index is -0.162. The Hall–Kier alpha value is -2.88. The van der Waals surface area contributed by atoms with E-state index in [1.165, 1.54) is 5.56 Å². The second-order valence-electron chi connectivity index (χ2n) is 5.26. The van der Waals surface area contributed by atoms with Crippen LogP contribution in [0.1, 0.15) is 21.5 Å². The van der Waals surface area contributed by atoms with E-state index in [0.29, 0.717) is 5.56 Å². The average molecular weight is 291 g/mol. The zero-order chi connectivity index (χ0) is 15.5. The summed E-state index contributed by atoms with van der Waals surface area (Å²) in [6.45, 7) is 4.07. The first-order chi connectivity index (χ1) is 10.6. The molecule has 0 bridgehead atoms. The first kappa shape index (κ1) is 14.1. The number of carbonyl (C=O) groups is 1.